The van der Waals surface area contributed by atoms with Crippen molar-refractivity contribution in [1.29, 1.82) is 0 Å². The van der Waals surface area contributed by atoms with Gasteiger partial charge in [0.25, 0.3) is 5.91 Å². The monoisotopic (exact) mass is 355 g/mol. The number of benzene rings is 2. The van der Waals surface area contributed by atoms with Crippen molar-refractivity contribution in [2.45, 2.75) is 32.4 Å². The van der Waals surface area contributed by atoms with Crippen LogP contribution in [-0.2, 0) is 16.0 Å². The van der Waals surface area contributed by atoms with Gasteiger partial charge in [-0.05, 0) is 44.0 Å². The van der Waals surface area contributed by atoms with Crippen LogP contribution in [0.5, 0.6) is 11.5 Å². The van der Waals surface area contributed by atoms with Gasteiger partial charge in [0.05, 0.1) is 7.11 Å². The van der Waals surface area contributed by atoms with Crippen LogP contribution in [0.2, 0.25) is 0 Å². The number of phenolic OH excluding ortho intramolecular Hbond substituents is 1. The van der Waals surface area contributed by atoms with Gasteiger partial charge in [-0.1, -0.05) is 24.3 Å². The first-order chi connectivity index (χ1) is 12.4. The predicted octanol–water partition coefficient (Wildman–Crippen LogP) is 2.92. The summed E-state index contributed by atoms with van der Waals surface area (Å²) < 4.78 is 10.3. The van der Waals surface area contributed by atoms with Crippen LogP contribution in [0.25, 0.3) is 0 Å². The molecule has 0 spiro atoms. The smallest absolute Gasteiger partial charge is 0.342 e. The molecule has 0 bridgehead atoms. The van der Waals surface area contributed by atoms with E-state index in [-0.39, 0.29) is 29.0 Å². The lowest BCUT2D eigenvalue weighted by Gasteiger charge is -2.26. The van der Waals surface area contributed by atoms with Crippen molar-refractivity contribution in [1.82, 2.24) is 0 Å². The molecule has 0 unspecified atom stereocenters. The molecule has 6 nitrogen and oxygen atoms in total. The first-order valence-electron chi connectivity index (χ1n) is 8.42. The van der Waals surface area contributed by atoms with Crippen LogP contribution in [0.4, 0.5) is 5.69 Å². The number of fused-ring (bicyclic) bond motifs is 1. The van der Waals surface area contributed by atoms with E-state index in [0.717, 1.165) is 17.7 Å². The average Bonchev–Trinajstić information content (AvgIpc) is 2.96. The maximum Gasteiger partial charge on any atom is 0.342 e. The van der Waals surface area contributed by atoms with Crippen molar-refractivity contribution >= 4 is 17.6 Å². The van der Waals surface area contributed by atoms with Gasteiger partial charge in [0.1, 0.15) is 5.56 Å². The Morgan fingerprint density at radius 2 is 1.92 bits per heavy atom. The molecule has 2 aromatic rings. The van der Waals surface area contributed by atoms with Crippen molar-refractivity contribution in [3.8, 4) is 11.5 Å². The zero-order valence-electron chi connectivity index (χ0n) is 14.9. The number of hydrogen-bond acceptors (Lipinski definition) is 5. The largest absolute Gasteiger partial charge is 0.504 e. The first-order valence-corrected chi connectivity index (χ1v) is 8.42. The van der Waals surface area contributed by atoms with Gasteiger partial charge in [0, 0.05) is 11.7 Å². The summed E-state index contributed by atoms with van der Waals surface area (Å²) in [6, 6.07) is 12.2. The molecule has 0 aromatic heterocycles. The van der Waals surface area contributed by atoms with Gasteiger partial charge in [0.15, 0.2) is 17.6 Å². The van der Waals surface area contributed by atoms with Gasteiger partial charge >= 0.3 is 5.97 Å². The highest BCUT2D eigenvalue weighted by molar-refractivity contribution is 6.01. The molecule has 0 saturated carbocycles. The van der Waals surface area contributed by atoms with E-state index in [2.05, 4.69) is 0 Å². The summed E-state index contributed by atoms with van der Waals surface area (Å²) in [7, 11) is 1.39. The topological polar surface area (TPSA) is 76.1 Å². The number of aromatic hydroxyl groups is 1. The van der Waals surface area contributed by atoms with Crippen molar-refractivity contribution < 1.29 is 24.2 Å². The minimum atomic E-state index is -0.985. The molecule has 3 rings (SSSR count). The Balaban J connectivity index is 1.77. The Labute approximate surface area is 152 Å². The van der Waals surface area contributed by atoms with E-state index >= 15 is 0 Å². The third kappa shape index (κ3) is 3.10. The average molecular weight is 355 g/mol. The van der Waals surface area contributed by atoms with E-state index in [0.29, 0.717) is 0 Å². The molecule has 1 aliphatic rings. The minimum absolute atomic E-state index is 0.00808. The second kappa shape index (κ2) is 7.07. The summed E-state index contributed by atoms with van der Waals surface area (Å²) in [5.74, 6) is -1.21. The number of anilines is 1. The molecular weight excluding hydrogens is 334 g/mol. The molecule has 1 aliphatic heterocycles. The molecule has 0 fully saturated rings. The highest BCUT2D eigenvalue weighted by Gasteiger charge is 2.34. The van der Waals surface area contributed by atoms with E-state index in [9.17, 15) is 14.7 Å². The Bertz CT molecular complexity index is 848. The van der Waals surface area contributed by atoms with E-state index in [1.165, 1.54) is 26.2 Å². The van der Waals surface area contributed by atoms with Gasteiger partial charge in [-0.15, -0.1) is 0 Å². The van der Waals surface area contributed by atoms with Gasteiger partial charge in [0.2, 0.25) is 0 Å². The molecule has 1 amide bonds. The summed E-state index contributed by atoms with van der Waals surface area (Å²) in [5, 5.41) is 10.1. The van der Waals surface area contributed by atoms with Crippen LogP contribution in [0, 0.1) is 0 Å². The van der Waals surface area contributed by atoms with Crippen molar-refractivity contribution in [2.24, 2.45) is 0 Å². The molecule has 1 heterocycles. The summed E-state index contributed by atoms with van der Waals surface area (Å²) in [5.41, 5.74) is 1.90. The Kier molecular flexibility index (Phi) is 4.84. The number of nitrogens with zero attached hydrogens (tertiary/aromatic N) is 1. The number of esters is 1. The SMILES string of the molecule is COc1cccc(C(=O)O[C@H](C)C(=O)N2c3ccccc3C[C@@H]2C)c1O. The van der Waals surface area contributed by atoms with Crippen LogP contribution in [-0.4, -0.2) is 36.2 Å². The summed E-state index contributed by atoms with van der Waals surface area (Å²) in [4.78, 5) is 26.9. The first kappa shape index (κ1) is 17.8. The lowest BCUT2D eigenvalue weighted by molar-refractivity contribution is -0.126. The van der Waals surface area contributed by atoms with Crippen LogP contribution >= 0.6 is 0 Å². The van der Waals surface area contributed by atoms with Crippen LogP contribution < -0.4 is 9.64 Å². The highest BCUT2D eigenvalue weighted by atomic mass is 16.5. The number of carbonyl (C=O) groups excluding carboxylic acids is 2. The normalized spacial score (nSPS) is 16.7. The lowest BCUT2D eigenvalue weighted by Crippen LogP contribution is -2.43. The number of amides is 1. The number of ether oxygens (including phenoxy) is 2. The number of hydrogen-bond donors (Lipinski definition) is 1. The number of phenols is 1. The van der Waals surface area contributed by atoms with Crippen LogP contribution in [0.1, 0.15) is 29.8 Å². The molecule has 2 atom stereocenters. The van der Waals surface area contributed by atoms with Crippen molar-refractivity contribution in [3.05, 3.63) is 53.6 Å². The molecular formula is C20H21NO5. The van der Waals surface area contributed by atoms with E-state index in [1.54, 1.807) is 11.0 Å². The van der Waals surface area contributed by atoms with Gasteiger partial charge in [-0.2, -0.15) is 0 Å². The molecule has 26 heavy (non-hydrogen) atoms. The third-order valence-corrected chi connectivity index (χ3v) is 4.52. The number of methoxy groups -OCH3 is 1. The quantitative estimate of drug-likeness (QED) is 0.854. The molecule has 0 radical (unpaired) electrons. The summed E-state index contributed by atoms with van der Waals surface area (Å²) in [6.45, 7) is 3.49. The van der Waals surface area contributed by atoms with E-state index in [1.807, 2.05) is 31.2 Å². The Hall–Kier alpha value is -3.02. The van der Waals surface area contributed by atoms with Crippen molar-refractivity contribution in [3.63, 3.8) is 0 Å². The van der Waals surface area contributed by atoms with Crippen molar-refractivity contribution in [2.75, 3.05) is 12.0 Å². The Morgan fingerprint density at radius 3 is 2.65 bits per heavy atom. The molecule has 136 valence electrons. The molecule has 1 N–H and O–H groups in total. The van der Waals surface area contributed by atoms with E-state index in [4.69, 9.17) is 9.47 Å². The fourth-order valence-electron chi connectivity index (χ4n) is 3.22. The number of carbonyl (C=O) groups is 2. The summed E-state index contributed by atoms with van der Waals surface area (Å²) >= 11 is 0. The number of para-hydroxylation sites is 2. The highest BCUT2D eigenvalue weighted by Crippen LogP contribution is 2.33. The minimum Gasteiger partial charge on any atom is -0.504 e. The molecule has 0 aliphatic carbocycles. The lowest BCUT2D eigenvalue weighted by atomic mass is 10.1. The van der Waals surface area contributed by atoms with E-state index < -0.39 is 12.1 Å². The van der Waals surface area contributed by atoms with Crippen LogP contribution in [0.15, 0.2) is 42.5 Å². The molecule has 6 heteroatoms. The van der Waals surface area contributed by atoms with Gasteiger partial charge in [-0.3, -0.25) is 4.79 Å². The second-order valence-electron chi connectivity index (χ2n) is 6.29. The molecule has 2 aromatic carbocycles. The van der Waals surface area contributed by atoms with Gasteiger partial charge in [-0.25, -0.2) is 4.79 Å². The Morgan fingerprint density at radius 1 is 1.19 bits per heavy atom. The third-order valence-electron chi connectivity index (χ3n) is 4.52. The second-order valence-corrected chi connectivity index (χ2v) is 6.29. The zero-order chi connectivity index (χ0) is 18.8. The number of rotatable bonds is 4. The maximum atomic E-state index is 12.9. The fraction of sp³-hybridized carbons (Fsp3) is 0.300. The predicted molar refractivity (Wildman–Crippen MR) is 96.6 cm³/mol. The zero-order valence-corrected chi connectivity index (χ0v) is 14.9. The molecule has 0 saturated heterocycles. The van der Waals surface area contributed by atoms with Crippen LogP contribution in [0.3, 0.4) is 0 Å². The van der Waals surface area contributed by atoms with Gasteiger partial charge < -0.3 is 19.5 Å². The standard InChI is InChI=1S/C20H21NO5/c1-12-11-14-7-4-5-9-16(14)21(12)19(23)13(2)26-20(24)15-8-6-10-17(25-3)18(15)22/h4-10,12-13,22H,11H2,1-3H3/t12-,13+/m0/s1. The summed E-state index contributed by atoms with van der Waals surface area (Å²) in [6.07, 6.45) is -0.221. The maximum absolute atomic E-state index is 12.9. The fourth-order valence-corrected chi connectivity index (χ4v) is 3.22.